The van der Waals surface area contributed by atoms with Crippen LogP contribution in [0, 0.1) is 5.92 Å². The summed E-state index contributed by atoms with van der Waals surface area (Å²) in [5.41, 5.74) is 0.748. The summed E-state index contributed by atoms with van der Waals surface area (Å²) in [4.78, 5) is 29.1. The average molecular weight is 377 g/mol. The van der Waals surface area contributed by atoms with Crippen molar-refractivity contribution in [3.8, 4) is 0 Å². The van der Waals surface area contributed by atoms with Gasteiger partial charge in [-0.2, -0.15) is 0 Å². The van der Waals surface area contributed by atoms with Crippen molar-refractivity contribution in [3.05, 3.63) is 47.0 Å². The summed E-state index contributed by atoms with van der Waals surface area (Å²) >= 11 is 6.31. The lowest BCUT2D eigenvalue weighted by atomic mass is 9.93. The highest BCUT2D eigenvalue weighted by Crippen LogP contribution is 2.30. The Morgan fingerprint density at radius 2 is 1.88 bits per heavy atom. The topological polar surface area (TPSA) is 49.9 Å². The van der Waals surface area contributed by atoms with Crippen LogP contribution in [-0.4, -0.2) is 55.0 Å². The van der Waals surface area contributed by atoms with E-state index in [9.17, 15) is 9.59 Å². The van der Waals surface area contributed by atoms with Crippen molar-refractivity contribution >= 4 is 23.5 Å². The number of methoxy groups -OCH3 is 1. The monoisotopic (exact) mass is 376 g/mol. The summed E-state index contributed by atoms with van der Waals surface area (Å²) in [6, 6.07) is 6.81. The molecular formula is C20H25ClN2O3. The normalized spacial score (nSPS) is 22.1. The second-order valence-electron chi connectivity index (χ2n) is 6.79. The largest absolute Gasteiger partial charge is 0.468 e. The minimum Gasteiger partial charge on any atom is -0.468 e. The molecule has 0 saturated carbocycles. The lowest BCUT2D eigenvalue weighted by Crippen LogP contribution is -2.52. The maximum Gasteiger partial charge on any atom is 0.327 e. The van der Waals surface area contributed by atoms with Crippen molar-refractivity contribution in [2.24, 2.45) is 5.92 Å². The Morgan fingerprint density at radius 3 is 2.50 bits per heavy atom. The molecule has 140 valence electrons. The summed E-state index contributed by atoms with van der Waals surface area (Å²) < 4.78 is 5.02. The number of benzene rings is 1. The SMILES string of the molecule is COC(=O)C(c1ccccc1Cl)N1CCN(C(=O)C2CC=CCC2)CC1. The molecule has 1 fully saturated rings. The number of carbonyl (C=O) groups is 2. The number of esters is 1. The van der Waals surface area contributed by atoms with Crippen molar-refractivity contribution in [1.29, 1.82) is 0 Å². The van der Waals surface area contributed by atoms with Crippen LogP contribution in [0.25, 0.3) is 0 Å². The third-order valence-electron chi connectivity index (χ3n) is 5.23. The molecule has 1 aliphatic heterocycles. The van der Waals surface area contributed by atoms with Gasteiger partial charge >= 0.3 is 5.97 Å². The molecule has 1 aromatic carbocycles. The van der Waals surface area contributed by atoms with Crippen molar-refractivity contribution in [1.82, 2.24) is 9.80 Å². The number of ether oxygens (including phenoxy) is 1. The Morgan fingerprint density at radius 1 is 1.15 bits per heavy atom. The van der Waals surface area contributed by atoms with E-state index in [1.165, 1.54) is 7.11 Å². The van der Waals surface area contributed by atoms with E-state index >= 15 is 0 Å². The van der Waals surface area contributed by atoms with Gasteiger partial charge in [-0.3, -0.25) is 9.69 Å². The van der Waals surface area contributed by atoms with E-state index in [0.29, 0.717) is 31.2 Å². The maximum absolute atomic E-state index is 12.7. The van der Waals surface area contributed by atoms with Crippen molar-refractivity contribution in [2.45, 2.75) is 25.3 Å². The second-order valence-corrected chi connectivity index (χ2v) is 7.20. The van der Waals surface area contributed by atoms with Crippen molar-refractivity contribution in [3.63, 3.8) is 0 Å². The number of piperazine rings is 1. The smallest absolute Gasteiger partial charge is 0.327 e. The van der Waals surface area contributed by atoms with Gasteiger partial charge < -0.3 is 9.64 Å². The number of rotatable bonds is 4. The van der Waals surface area contributed by atoms with Gasteiger partial charge in [0.15, 0.2) is 0 Å². The van der Waals surface area contributed by atoms with Gasteiger partial charge in [0.05, 0.1) is 7.11 Å². The van der Waals surface area contributed by atoms with Gasteiger partial charge in [0.25, 0.3) is 0 Å². The van der Waals surface area contributed by atoms with Crippen LogP contribution in [0.5, 0.6) is 0 Å². The van der Waals surface area contributed by atoms with Gasteiger partial charge in [-0.05, 0) is 30.9 Å². The molecule has 26 heavy (non-hydrogen) atoms. The number of amides is 1. The van der Waals surface area contributed by atoms with Gasteiger partial charge in [0.1, 0.15) is 6.04 Å². The number of halogens is 1. The molecule has 1 amide bonds. The Labute approximate surface area is 159 Å². The standard InChI is InChI=1S/C20H25ClN2O3/c1-26-20(25)18(16-9-5-6-10-17(16)21)22-11-13-23(14-12-22)19(24)15-7-3-2-4-8-15/h2-3,5-6,9-10,15,18H,4,7-8,11-14H2,1H3. The first kappa shape index (κ1) is 18.9. The van der Waals surface area contributed by atoms with Crippen LogP contribution in [0.2, 0.25) is 5.02 Å². The lowest BCUT2D eigenvalue weighted by molar-refractivity contribution is -0.149. The molecular weight excluding hydrogens is 352 g/mol. The minimum absolute atomic E-state index is 0.103. The third-order valence-corrected chi connectivity index (χ3v) is 5.58. The zero-order valence-corrected chi connectivity index (χ0v) is 15.8. The molecule has 1 saturated heterocycles. The fourth-order valence-corrected chi connectivity index (χ4v) is 4.00. The molecule has 2 unspecified atom stereocenters. The zero-order valence-electron chi connectivity index (χ0n) is 15.1. The van der Waals surface area contributed by atoms with Crippen molar-refractivity contribution < 1.29 is 14.3 Å². The van der Waals surface area contributed by atoms with Crippen LogP contribution in [0.15, 0.2) is 36.4 Å². The molecule has 1 aliphatic carbocycles. The maximum atomic E-state index is 12.7. The van der Waals surface area contributed by atoms with E-state index in [4.69, 9.17) is 16.3 Å². The third kappa shape index (κ3) is 4.10. The van der Waals surface area contributed by atoms with Crippen LogP contribution >= 0.6 is 11.6 Å². The number of hydrogen-bond acceptors (Lipinski definition) is 4. The Balaban J connectivity index is 1.68. The summed E-state index contributed by atoms with van der Waals surface area (Å²) in [7, 11) is 1.39. The molecule has 1 heterocycles. The molecule has 0 spiro atoms. The molecule has 0 radical (unpaired) electrons. The number of nitrogens with zero attached hydrogens (tertiary/aromatic N) is 2. The second kappa shape index (κ2) is 8.69. The van der Waals surface area contributed by atoms with Gasteiger partial charge in [-0.25, -0.2) is 4.79 Å². The Bertz CT molecular complexity index is 683. The summed E-state index contributed by atoms with van der Waals surface area (Å²) in [6.45, 7) is 2.49. The van der Waals surface area contributed by atoms with Crippen LogP contribution in [-0.2, 0) is 14.3 Å². The zero-order chi connectivity index (χ0) is 18.5. The Kier molecular flexibility index (Phi) is 6.33. The first-order valence-electron chi connectivity index (χ1n) is 9.12. The molecule has 1 aromatic rings. The van der Waals surface area contributed by atoms with E-state index in [2.05, 4.69) is 17.1 Å². The van der Waals surface area contributed by atoms with Gasteiger partial charge in [0, 0.05) is 37.1 Å². The predicted octanol–water partition coefficient (Wildman–Crippen LogP) is 3.05. The first-order valence-corrected chi connectivity index (χ1v) is 9.49. The Hall–Kier alpha value is -1.85. The highest BCUT2D eigenvalue weighted by Gasteiger charge is 2.34. The van der Waals surface area contributed by atoms with Crippen LogP contribution in [0.1, 0.15) is 30.9 Å². The minimum atomic E-state index is -0.538. The molecule has 0 N–H and O–H groups in total. The highest BCUT2D eigenvalue weighted by molar-refractivity contribution is 6.31. The van der Waals surface area contributed by atoms with Gasteiger partial charge in [0.2, 0.25) is 5.91 Å². The van der Waals surface area contributed by atoms with E-state index in [0.717, 1.165) is 24.8 Å². The van der Waals surface area contributed by atoms with Crippen LogP contribution in [0.3, 0.4) is 0 Å². The molecule has 0 bridgehead atoms. The molecule has 2 atom stereocenters. The van der Waals surface area contributed by atoms with E-state index < -0.39 is 6.04 Å². The number of allylic oxidation sites excluding steroid dienone is 2. The summed E-state index contributed by atoms with van der Waals surface area (Å²) in [5, 5.41) is 0.551. The lowest BCUT2D eigenvalue weighted by Gasteiger charge is -2.39. The highest BCUT2D eigenvalue weighted by atomic mass is 35.5. The molecule has 6 heteroatoms. The quantitative estimate of drug-likeness (QED) is 0.598. The first-order chi connectivity index (χ1) is 12.6. The molecule has 5 nitrogen and oxygen atoms in total. The number of hydrogen-bond donors (Lipinski definition) is 0. The van der Waals surface area contributed by atoms with Crippen LogP contribution in [0.4, 0.5) is 0 Å². The number of carbonyl (C=O) groups excluding carboxylic acids is 2. The molecule has 3 rings (SSSR count). The van der Waals surface area contributed by atoms with Crippen LogP contribution < -0.4 is 0 Å². The fourth-order valence-electron chi connectivity index (χ4n) is 3.76. The predicted molar refractivity (Wildman–Crippen MR) is 101 cm³/mol. The summed E-state index contributed by atoms with van der Waals surface area (Å²) in [5.74, 6) is 0.0168. The van der Waals surface area contributed by atoms with Gasteiger partial charge in [-0.1, -0.05) is 42.0 Å². The summed E-state index contributed by atoms with van der Waals surface area (Å²) in [6.07, 6.45) is 7.00. The molecule has 0 aromatic heterocycles. The van der Waals surface area contributed by atoms with Gasteiger partial charge in [-0.15, -0.1) is 0 Å². The van der Waals surface area contributed by atoms with E-state index in [-0.39, 0.29) is 17.8 Å². The van der Waals surface area contributed by atoms with E-state index in [1.54, 1.807) is 6.07 Å². The fraction of sp³-hybridized carbons (Fsp3) is 0.500. The van der Waals surface area contributed by atoms with Crippen molar-refractivity contribution in [2.75, 3.05) is 33.3 Å². The molecule has 2 aliphatic rings. The average Bonchev–Trinajstić information content (AvgIpc) is 2.70. The van der Waals surface area contributed by atoms with E-state index in [1.807, 2.05) is 23.1 Å².